The van der Waals surface area contributed by atoms with Crippen LogP contribution in [0.4, 0.5) is 0 Å². The molecule has 150 valence electrons. The summed E-state index contributed by atoms with van der Waals surface area (Å²) in [4.78, 5) is 18.2. The first kappa shape index (κ1) is 21.4. The minimum absolute atomic E-state index is 0.387. The number of carboxylic acids is 2. The second-order valence-corrected chi connectivity index (χ2v) is 6.30. The highest BCUT2D eigenvalue weighted by Crippen LogP contribution is 2.16. The van der Waals surface area contributed by atoms with Crippen molar-refractivity contribution in [2.45, 2.75) is 32.1 Å². The maximum atomic E-state index is 9.10. The Hall–Kier alpha value is -2.90. The van der Waals surface area contributed by atoms with Gasteiger partial charge in [0.2, 0.25) is 0 Å². The number of ether oxygens (including phenoxy) is 2. The predicted octanol–water partition coefficient (Wildman–Crippen LogP) is 2.69. The molecule has 1 aliphatic rings. The summed E-state index contributed by atoms with van der Waals surface area (Å²) in [5.41, 5.74) is 2.42. The van der Waals surface area contributed by atoms with Crippen molar-refractivity contribution in [3.8, 4) is 5.75 Å². The molecule has 0 aromatic heterocycles. The van der Waals surface area contributed by atoms with E-state index >= 15 is 0 Å². The number of benzene rings is 2. The summed E-state index contributed by atoms with van der Waals surface area (Å²) < 4.78 is 11.5. The summed E-state index contributed by atoms with van der Waals surface area (Å²) in [5, 5.41) is 18.2. The van der Waals surface area contributed by atoms with Crippen LogP contribution in [0.1, 0.15) is 24.0 Å². The summed E-state index contributed by atoms with van der Waals surface area (Å²) >= 11 is 0. The maximum Gasteiger partial charge on any atom is 0.414 e. The molecule has 2 aromatic rings. The molecule has 28 heavy (non-hydrogen) atoms. The topological polar surface area (TPSA) is 105 Å². The van der Waals surface area contributed by atoms with Crippen LogP contribution in [-0.2, 0) is 27.5 Å². The van der Waals surface area contributed by atoms with E-state index < -0.39 is 11.9 Å². The first-order valence-electron chi connectivity index (χ1n) is 9.09. The zero-order valence-electron chi connectivity index (χ0n) is 15.5. The van der Waals surface area contributed by atoms with E-state index in [0.29, 0.717) is 12.7 Å². The molecule has 1 fully saturated rings. The fourth-order valence-electron chi connectivity index (χ4n) is 2.67. The Labute approximate surface area is 163 Å². The van der Waals surface area contributed by atoms with Gasteiger partial charge in [-0.1, -0.05) is 42.5 Å². The van der Waals surface area contributed by atoms with Gasteiger partial charge < -0.3 is 25.0 Å². The lowest BCUT2D eigenvalue weighted by Gasteiger charge is -2.12. The molecule has 0 amide bonds. The maximum absolute atomic E-state index is 9.10. The summed E-state index contributed by atoms with van der Waals surface area (Å²) in [6.07, 6.45) is 2.75. The van der Waals surface area contributed by atoms with E-state index in [4.69, 9.17) is 29.3 Å². The van der Waals surface area contributed by atoms with Crippen molar-refractivity contribution in [1.82, 2.24) is 5.32 Å². The molecule has 1 heterocycles. The fourth-order valence-corrected chi connectivity index (χ4v) is 2.67. The molecule has 2 aromatic carbocycles. The molecule has 3 N–H and O–H groups in total. The molecule has 1 atom stereocenters. The second-order valence-electron chi connectivity index (χ2n) is 6.30. The van der Waals surface area contributed by atoms with E-state index in [1.165, 1.54) is 24.0 Å². The number of carbonyl (C=O) groups is 2. The van der Waals surface area contributed by atoms with Crippen LogP contribution in [0.2, 0.25) is 0 Å². The third-order valence-corrected chi connectivity index (χ3v) is 4.05. The van der Waals surface area contributed by atoms with Gasteiger partial charge in [0.25, 0.3) is 0 Å². The van der Waals surface area contributed by atoms with Crippen LogP contribution in [-0.4, -0.2) is 41.4 Å². The number of hydrogen-bond acceptors (Lipinski definition) is 5. The van der Waals surface area contributed by atoms with Crippen molar-refractivity contribution < 1.29 is 29.3 Å². The van der Waals surface area contributed by atoms with E-state index in [-0.39, 0.29) is 0 Å². The molecule has 0 aliphatic carbocycles. The van der Waals surface area contributed by atoms with Crippen LogP contribution in [0, 0.1) is 0 Å². The molecular weight excluding hydrogens is 362 g/mol. The van der Waals surface area contributed by atoms with Crippen molar-refractivity contribution in [3.63, 3.8) is 0 Å². The van der Waals surface area contributed by atoms with Gasteiger partial charge in [0, 0.05) is 19.7 Å². The van der Waals surface area contributed by atoms with E-state index in [1.54, 1.807) is 0 Å². The predicted molar refractivity (Wildman–Crippen MR) is 103 cm³/mol. The smallest absolute Gasteiger partial charge is 0.414 e. The highest BCUT2D eigenvalue weighted by Gasteiger charge is 2.14. The van der Waals surface area contributed by atoms with E-state index in [9.17, 15) is 0 Å². The summed E-state index contributed by atoms with van der Waals surface area (Å²) in [6, 6.07) is 18.5. The number of carboxylic acid groups (broad SMARTS) is 2. The minimum Gasteiger partial charge on any atom is -0.489 e. The monoisotopic (exact) mass is 387 g/mol. The molecule has 1 unspecified atom stereocenters. The fraction of sp³-hybridized carbons (Fsp3) is 0.333. The molecule has 0 bridgehead atoms. The van der Waals surface area contributed by atoms with Crippen molar-refractivity contribution in [1.29, 1.82) is 0 Å². The van der Waals surface area contributed by atoms with Crippen LogP contribution < -0.4 is 10.1 Å². The SMILES string of the molecule is O=C(O)C(=O)O.c1ccc(COc2cccc(CNCC3CCCO3)c2)cc1. The van der Waals surface area contributed by atoms with Gasteiger partial charge in [0.05, 0.1) is 6.10 Å². The molecular formula is C21H25NO6. The van der Waals surface area contributed by atoms with Crippen LogP contribution in [0.3, 0.4) is 0 Å². The highest BCUT2D eigenvalue weighted by molar-refractivity contribution is 6.27. The van der Waals surface area contributed by atoms with Crippen molar-refractivity contribution >= 4 is 11.9 Å². The van der Waals surface area contributed by atoms with Gasteiger partial charge in [-0.3, -0.25) is 0 Å². The standard InChI is InChI=1S/C19H23NO2.C2H2O4/c1-2-6-16(7-3-1)15-22-18-9-4-8-17(12-18)13-20-14-19-10-5-11-21-19;3-1(4)2(5)6/h1-4,6-9,12,19-20H,5,10-11,13-15H2;(H,3,4)(H,5,6). The van der Waals surface area contributed by atoms with Gasteiger partial charge >= 0.3 is 11.9 Å². The number of aliphatic carboxylic acids is 2. The van der Waals surface area contributed by atoms with Gasteiger partial charge in [-0.2, -0.15) is 0 Å². The first-order chi connectivity index (χ1) is 13.5. The Morgan fingerprint density at radius 2 is 1.75 bits per heavy atom. The lowest BCUT2D eigenvalue weighted by Crippen LogP contribution is -2.25. The van der Waals surface area contributed by atoms with Gasteiger partial charge in [0.1, 0.15) is 12.4 Å². The average molecular weight is 387 g/mol. The Kier molecular flexibility index (Phi) is 8.97. The zero-order valence-corrected chi connectivity index (χ0v) is 15.5. The van der Waals surface area contributed by atoms with Crippen molar-refractivity contribution in [2.75, 3.05) is 13.2 Å². The molecule has 0 radical (unpaired) electrons. The first-order valence-corrected chi connectivity index (χ1v) is 9.09. The second kappa shape index (κ2) is 11.7. The lowest BCUT2D eigenvalue weighted by molar-refractivity contribution is -0.159. The molecule has 7 nitrogen and oxygen atoms in total. The van der Waals surface area contributed by atoms with Crippen molar-refractivity contribution in [3.05, 3.63) is 65.7 Å². The third-order valence-electron chi connectivity index (χ3n) is 4.05. The van der Waals surface area contributed by atoms with Crippen LogP contribution in [0.25, 0.3) is 0 Å². The lowest BCUT2D eigenvalue weighted by atomic mass is 10.2. The molecule has 0 saturated carbocycles. The van der Waals surface area contributed by atoms with Gasteiger partial charge in [0.15, 0.2) is 0 Å². The van der Waals surface area contributed by atoms with Gasteiger partial charge in [-0.05, 0) is 36.1 Å². The van der Waals surface area contributed by atoms with Crippen LogP contribution >= 0.6 is 0 Å². The molecule has 3 rings (SSSR count). The zero-order chi connectivity index (χ0) is 20.2. The highest BCUT2D eigenvalue weighted by atomic mass is 16.5. The largest absolute Gasteiger partial charge is 0.489 e. The normalized spacial score (nSPS) is 15.4. The van der Waals surface area contributed by atoms with Crippen LogP contribution in [0.15, 0.2) is 54.6 Å². The number of hydrogen-bond donors (Lipinski definition) is 3. The third kappa shape index (κ3) is 8.20. The van der Waals surface area contributed by atoms with Crippen LogP contribution in [0.5, 0.6) is 5.75 Å². The summed E-state index contributed by atoms with van der Waals surface area (Å²) in [5.74, 6) is -2.73. The Bertz CT molecular complexity index is 732. The Morgan fingerprint density at radius 3 is 2.39 bits per heavy atom. The Balaban J connectivity index is 0.000000409. The van der Waals surface area contributed by atoms with E-state index in [1.807, 2.05) is 30.3 Å². The Morgan fingerprint density at radius 1 is 1.04 bits per heavy atom. The van der Waals surface area contributed by atoms with Crippen molar-refractivity contribution in [2.24, 2.45) is 0 Å². The van der Waals surface area contributed by atoms with E-state index in [0.717, 1.165) is 25.4 Å². The molecule has 1 saturated heterocycles. The molecule has 7 heteroatoms. The summed E-state index contributed by atoms with van der Waals surface area (Å²) in [7, 11) is 0. The average Bonchev–Trinajstić information content (AvgIpc) is 3.21. The van der Waals surface area contributed by atoms with E-state index in [2.05, 4.69) is 29.6 Å². The molecule has 1 aliphatic heterocycles. The number of nitrogens with one attached hydrogen (secondary N) is 1. The van der Waals surface area contributed by atoms with Gasteiger partial charge in [-0.15, -0.1) is 0 Å². The molecule has 0 spiro atoms. The quantitative estimate of drug-likeness (QED) is 0.627. The summed E-state index contributed by atoms with van der Waals surface area (Å²) in [6.45, 7) is 3.29. The number of rotatable bonds is 7. The van der Waals surface area contributed by atoms with Gasteiger partial charge in [-0.25, -0.2) is 9.59 Å². The minimum atomic E-state index is -1.82.